The first-order valence-electron chi connectivity index (χ1n) is 7.32. The van der Waals surface area contributed by atoms with E-state index >= 15 is 0 Å². The van der Waals surface area contributed by atoms with Crippen molar-refractivity contribution in [2.75, 3.05) is 6.61 Å². The number of rotatable bonds is 12. The lowest BCUT2D eigenvalue weighted by molar-refractivity contribution is 0.302. The maximum atomic E-state index is 8.59. The molecule has 17 heavy (non-hydrogen) atoms. The quantitative estimate of drug-likeness (QED) is 0.374. The predicted octanol–water partition coefficient (Wildman–Crippen LogP) is 5.01. The zero-order valence-corrected chi connectivity index (χ0v) is 11.5. The molecule has 0 unspecified atom stereocenters. The number of unbranched alkanes of at least 4 members (excludes halogenated alkanes) is 7. The molecule has 0 radical (unpaired) electrons. The van der Waals surface area contributed by atoms with Crippen LogP contribution < -0.4 is 0 Å². The molecule has 0 bridgehead atoms. The second-order valence-corrected chi connectivity index (χ2v) is 4.59. The number of hydrogen-bond donors (Lipinski definition) is 1. The van der Waals surface area contributed by atoms with Crippen molar-refractivity contribution in [3.63, 3.8) is 0 Å². The monoisotopic (exact) mass is 238 g/mol. The minimum atomic E-state index is 0.279. The first-order valence-corrected chi connectivity index (χ1v) is 7.32. The SMILES string of the molecule is CCCC/C=C\CCCCCC/C=C/CCO. The molecule has 0 aliphatic rings. The Balaban J connectivity index is 3.05. The van der Waals surface area contributed by atoms with Crippen molar-refractivity contribution >= 4 is 0 Å². The van der Waals surface area contributed by atoms with Crippen molar-refractivity contribution in [3.8, 4) is 0 Å². The summed E-state index contributed by atoms with van der Waals surface area (Å²) < 4.78 is 0. The van der Waals surface area contributed by atoms with E-state index in [4.69, 9.17) is 5.11 Å². The summed E-state index contributed by atoms with van der Waals surface area (Å²) in [6.45, 7) is 2.52. The molecular weight excluding hydrogens is 208 g/mol. The van der Waals surface area contributed by atoms with Crippen molar-refractivity contribution in [1.82, 2.24) is 0 Å². The fourth-order valence-electron chi connectivity index (χ4n) is 1.75. The molecule has 0 spiro atoms. The van der Waals surface area contributed by atoms with Gasteiger partial charge in [-0.15, -0.1) is 0 Å². The number of aliphatic hydroxyl groups is 1. The summed E-state index contributed by atoms with van der Waals surface area (Å²) in [5.74, 6) is 0. The Morgan fingerprint density at radius 3 is 1.59 bits per heavy atom. The Kier molecular flexibility index (Phi) is 14.9. The fourth-order valence-corrected chi connectivity index (χ4v) is 1.75. The summed E-state index contributed by atoms with van der Waals surface area (Å²) in [6, 6.07) is 0. The highest BCUT2D eigenvalue weighted by Crippen LogP contribution is 2.07. The third-order valence-electron chi connectivity index (χ3n) is 2.85. The van der Waals surface area contributed by atoms with Gasteiger partial charge in [-0.25, -0.2) is 0 Å². The molecule has 1 heteroatoms. The molecule has 0 atom stereocenters. The van der Waals surface area contributed by atoms with Crippen LogP contribution in [0.25, 0.3) is 0 Å². The predicted molar refractivity (Wildman–Crippen MR) is 77.2 cm³/mol. The Morgan fingerprint density at radius 1 is 0.647 bits per heavy atom. The normalized spacial score (nSPS) is 11.9. The lowest BCUT2D eigenvalue weighted by Gasteiger charge is -1.97. The van der Waals surface area contributed by atoms with Crippen LogP contribution in [0.4, 0.5) is 0 Å². The van der Waals surface area contributed by atoms with Gasteiger partial charge in [-0.3, -0.25) is 0 Å². The van der Waals surface area contributed by atoms with Gasteiger partial charge in [-0.2, -0.15) is 0 Å². The van der Waals surface area contributed by atoms with Crippen LogP contribution >= 0.6 is 0 Å². The van der Waals surface area contributed by atoms with E-state index in [1.165, 1.54) is 57.8 Å². The summed E-state index contributed by atoms with van der Waals surface area (Å²) in [6.07, 6.45) is 21.4. The molecule has 0 rings (SSSR count). The average Bonchev–Trinajstić information content (AvgIpc) is 2.35. The Labute approximate surface area is 108 Å². The largest absolute Gasteiger partial charge is 0.396 e. The third-order valence-corrected chi connectivity index (χ3v) is 2.85. The van der Waals surface area contributed by atoms with Crippen molar-refractivity contribution in [3.05, 3.63) is 24.3 Å². The molecule has 0 amide bonds. The molecule has 0 saturated carbocycles. The highest BCUT2D eigenvalue weighted by atomic mass is 16.2. The van der Waals surface area contributed by atoms with Crippen LogP contribution in [-0.4, -0.2) is 11.7 Å². The highest BCUT2D eigenvalue weighted by molar-refractivity contribution is 4.82. The second-order valence-electron chi connectivity index (χ2n) is 4.59. The molecule has 0 saturated heterocycles. The van der Waals surface area contributed by atoms with E-state index in [-0.39, 0.29) is 6.61 Å². The Bertz CT molecular complexity index is 182. The zero-order chi connectivity index (χ0) is 12.6. The van der Waals surface area contributed by atoms with E-state index < -0.39 is 0 Å². The lowest BCUT2D eigenvalue weighted by Crippen LogP contribution is -1.78. The topological polar surface area (TPSA) is 20.2 Å². The summed E-state index contributed by atoms with van der Waals surface area (Å²) in [5.41, 5.74) is 0. The van der Waals surface area contributed by atoms with Crippen molar-refractivity contribution in [1.29, 1.82) is 0 Å². The van der Waals surface area contributed by atoms with Gasteiger partial charge in [0, 0.05) is 6.61 Å². The smallest absolute Gasteiger partial charge is 0.0465 e. The first kappa shape index (κ1) is 16.4. The van der Waals surface area contributed by atoms with Gasteiger partial charge in [0.1, 0.15) is 0 Å². The molecule has 0 aromatic carbocycles. The molecule has 0 heterocycles. The van der Waals surface area contributed by atoms with Crippen molar-refractivity contribution < 1.29 is 5.11 Å². The van der Waals surface area contributed by atoms with Gasteiger partial charge < -0.3 is 5.11 Å². The number of hydrogen-bond acceptors (Lipinski definition) is 1. The maximum Gasteiger partial charge on any atom is 0.0465 e. The van der Waals surface area contributed by atoms with Crippen LogP contribution in [0.3, 0.4) is 0 Å². The molecule has 1 nitrogen and oxygen atoms in total. The summed E-state index contributed by atoms with van der Waals surface area (Å²) in [5, 5.41) is 8.59. The van der Waals surface area contributed by atoms with Gasteiger partial charge in [0.15, 0.2) is 0 Å². The average molecular weight is 238 g/mol. The van der Waals surface area contributed by atoms with Crippen LogP contribution in [0.5, 0.6) is 0 Å². The van der Waals surface area contributed by atoms with E-state index in [2.05, 4.69) is 31.2 Å². The molecule has 1 N–H and O–H groups in total. The number of aliphatic hydroxyl groups excluding tert-OH is 1. The third kappa shape index (κ3) is 15.4. The van der Waals surface area contributed by atoms with Gasteiger partial charge in [-0.05, 0) is 38.5 Å². The van der Waals surface area contributed by atoms with Crippen molar-refractivity contribution in [2.24, 2.45) is 0 Å². The van der Waals surface area contributed by atoms with Crippen molar-refractivity contribution in [2.45, 2.75) is 71.1 Å². The minimum Gasteiger partial charge on any atom is -0.396 e. The molecule has 0 fully saturated rings. The molecule has 0 aromatic rings. The van der Waals surface area contributed by atoms with E-state index in [9.17, 15) is 0 Å². The van der Waals surface area contributed by atoms with Crippen LogP contribution in [0.15, 0.2) is 24.3 Å². The summed E-state index contributed by atoms with van der Waals surface area (Å²) >= 11 is 0. The van der Waals surface area contributed by atoms with Gasteiger partial charge in [-0.1, -0.05) is 56.9 Å². The number of allylic oxidation sites excluding steroid dienone is 3. The Hall–Kier alpha value is -0.560. The van der Waals surface area contributed by atoms with Crippen LogP contribution in [0.2, 0.25) is 0 Å². The summed E-state index contributed by atoms with van der Waals surface area (Å²) in [7, 11) is 0. The zero-order valence-electron chi connectivity index (χ0n) is 11.5. The van der Waals surface area contributed by atoms with Gasteiger partial charge in [0.05, 0.1) is 0 Å². The van der Waals surface area contributed by atoms with Gasteiger partial charge >= 0.3 is 0 Å². The van der Waals surface area contributed by atoms with E-state index in [1.807, 2.05) is 0 Å². The fraction of sp³-hybridized carbons (Fsp3) is 0.750. The van der Waals surface area contributed by atoms with Gasteiger partial charge in [0.2, 0.25) is 0 Å². The maximum absolute atomic E-state index is 8.59. The molecule has 0 aliphatic carbocycles. The summed E-state index contributed by atoms with van der Waals surface area (Å²) in [4.78, 5) is 0. The first-order chi connectivity index (χ1) is 8.41. The molecule has 0 aromatic heterocycles. The van der Waals surface area contributed by atoms with Crippen LogP contribution in [-0.2, 0) is 0 Å². The molecule has 100 valence electrons. The van der Waals surface area contributed by atoms with E-state index in [1.54, 1.807) is 0 Å². The lowest BCUT2D eigenvalue weighted by atomic mass is 10.1. The standard InChI is InChI=1S/C16H30O/c1-2-3-4-5-6-7-8-9-10-11-12-13-14-15-16-17/h5-6,13-14,17H,2-4,7-12,15-16H2,1H3/b6-5-,14-13+. The second kappa shape index (κ2) is 15.4. The highest BCUT2D eigenvalue weighted by Gasteiger charge is 1.87. The Morgan fingerprint density at radius 2 is 1.12 bits per heavy atom. The van der Waals surface area contributed by atoms with Crippen LogP contribution in [0.1, 0.15) is 71.1 Å². The van der Waals surface area contributed by atoms with E-state index in [0.29, 0.717) is 0 Å². The van der Waals surface area contributed by atoms with E-state index in [0.717, 1.165) is 6.42 Å². The van der Waals surface area contributed by atoms with Crippen LogP contribution in [0, 0.1) is 0 Å². The molecular formula is C16H30O. The minimum absolute atomic E-state index is 0.279. The van der Waals surface area contributed by atoms with Gasteiger partial charge in [0.25, 0.3) is 0 Å². The molecule has 0 aliphatic heterocycles.